The van der Waals surface area contributed by atoms with Gasteiger partial charge in [0.15, 0.2) is 11.4 Å². The summed E-state index contributed by atoms with van der Waals surface area (Å²) in [4.78, 5) is 38.5. The molecule has 40 heavy (non-hydrogen) atoms. The van der Waals surface area contributed by atoms with Gasteiger partial charge in [-0.3, -0.25) is 9.59 Å². The third kappa shape index (κ3) is 4.87. The zero-order chi connectivity index (χ0) is 29.5. The lowest BCUT2D eigenvalue weighted by atomic mass is 9.60. The van der Waals surface area contributed by atoms with Gasteiger partial charge in [-0.1, -0.05) is 51.0 Å². The molecule has 0 aromatic rings. The van der Waals surface area contributed by atoms with Gasteiger partial charge in [-0.2, -0.15) is 0 Å². The average Bonchev–Trinajstić information content (AvgIpc) is 3.61. The van der Waals surface area contributed by atoms with Crippen LogP contribution in [0.2, 0.25) is 0 Å². The summed E-state index contributed by atoms with van der Waals surface area (Å²) in [6, 6.07) is 0. The quantitative estimate of drug-likeness (QED) is 0.102. The Morgan fingerprint density at radius 2 is 1.90 bits per heavy atom. The minimum atomic E-state index is -2.46. The molecule has 1 aliphatic heterocycles. The highest BCUT2D eigenvalue weighted by molar-refractivity contribution is 6.05. The van der Waals surface area contributed by atoms with Crippen LogP contribution in [-0.2, 0) is 28.6 Å². The Bertz CT molecular complexity index is 1110. The largest absolute Gasteiger partial charge is 0.455 e. The van der Waals surface area contributed by atoms with Crippen molar-refractivity contribution in [3.8, 4) is 0 Å². The first-order valence-corrected chi connectivity index (χ1v) is 14.2. The first kappa shape index (κ1) is 30.6. The molecular formula is C30H42O10. The molecular weight excluding hydrogens is 520 g/mol. The summed E-state index contributed by atoms with van der Waals surface area (Å²) in [5.41, 5.74) is -7.30. The van der Waals surface area contributed by atoms with Gasteiger partial charge >= 0.3 is 11.9 Å². The van der Waals surface area contributed by atoms with Gasteiger partial charge in [0.2, 0.25) is 0 Å². The summed E-state index contributed by atoms with van der Waals surface area (Å²) in [7, 11) is 0. The van der Waals surface area contributed by atoms with Crippen LogP contribution < -0.4 is 0 Å². The van der Waals surface area contributed by atoms with Crippen LogP contribution in [0.5, 0.6) is 0 Å². The fraction of sp³-hybridized carbons (Fsp3) is 0.700. The molecule has 0 aromatic carbocycles. The fourth-order valence-corrected chi connectivity index (χ4v) is 6.90. The van der Waals surface area contributed by atoms with Crippen molar-refractivity contribution < 1.29 is 49.0 Å². The molecule has 0 aromatic heterocycles. The lowest BCUT2D eigenvalue weighted by Crippen LogP contribution is -2.67. The molecule has 0 spiro atoms. The second-order valence-corrected chi connectivity index (χ2v) is 11.9. The molecule has 10 heteroatoms. The van der Waals surface area contributed by atoms with E-state index in [9.17, 15) is 34.8 Å². The number of aliphatic hydroxyl groups excluding tert-OH is 2. The van der Waals surface area contributed by atoms with Crippen molar-refractivity contribution in [2.45, 2.75) is 113 Å². The van der Waals surface area contributed by atoms with Crippen molar-refractivity contribution >= 4 is 17.7 Å². The zero-order valence-electron chi connectivity index (χ0n) is 23.7. The predicted octanol–water partition coefficient (Wildman–Crippen LogP) is 1.82. The van der Waals surface area contributed by atoms with Crippen LogP contribution >= 0.6 is 0 Å². The van der Waals surface area contributed by atoms with Crippen LogP contribution in [0.25, 0.3) is 0 Å². The number of hydrogen-bond donors (Lipinski definition) is 4. The standard InChI is InChI=1S/C30H42O10/c1-5-7-8-9-10-11-12-13-23(33)38-21-16-28(36)19(15-27(21,4)39-22(32)6-2)25-29(17-31,40-25)26(35)30(37)20(28)14-18(3)24(30)34/h10-14,19-21,25-26,31,35-37H,5-9,15-17H2,1-4H3/b11-10+,13-12+. The van der Waals surface area contributed by atoms with E-state index >= 15 is 0 Å². The van der Waals surface area contributed by atoms with E-state index < -0.39 is 76.9 Å². The average molecular weight is 563 g/mol. The summed E-state index contributed by atoms with van der Waals surface area (Å²) in [6.07, 6.45) is 7.86. The molecule has 4 rings (SSSR count). The van der Waals surface area contributed by atoms with Gasteiger partial charge < -0.3 is 34.6 Å². The maximum absolute atomic E-state index is 13.2. The second-order valence-electron chi connectivity index (χ2n) is 11.9. The number of ketones is 1. The van der Waals surface area contributed by atoms with E-state index in [0.29, 0.717) is 0 Å². The topological polar surface area (TPSA) is 163 Å². The fourth-order valence-electron chi connectivity index (χ4n) is 6.90. The van der Waals surface area contributed by atoms with Gasteiger partial charge in [-0.25, -0.2) is 4.79 Å². The molecule has 1 heterocycles. The highest BCUT2D eigenvalue weighted by Gasteiger charge is 2.81. The Morgan fingerprint density at radius 1 is 1.18 bits per heavy atom. The molecule has 1 saturated heterocycles. The van der Waals surface area contributed by atoms with Gasteiger partial charge in [0.1, 0.15) is 23.4 Å². The summed E-state index contributed by atoms with van der Waals surface area (Å²) in [6.45, 7) is 6.13. The molecule has 4 N–H and O–H groups in total. The molecule has 0 bridgehead atoms. The highest BCUT2D eigenvalue weighted by Crippen LogP contribution is 2.64. The third-order valence-electron chi connectivity index (χ3n) is 9.22. The molecule has 9 atom stereocenters. The molecule has 9 unspecified atom stereocenters. The number of unbranched alkanes of at least 4 members (excludes halogenated alkanes) is 3. The van der Waals surface area contributed by atoms with Gasteiger partial charge in [0, 0.05) is 30.8 Å². The lowest BCUT2D eigenvalue weighted by Gasteiger charge is -2.53. The van der Waals surface area contributed by atoms with Crippen LogP contribution in [0.3, 0.4) is 0 Å². The van der Waals surface area contributed by atoms with Gasteiger partial charge in [-0.15, -0.1) is 0 Å². The monoisotopic (exact) mass is 562 g/mol. The first-order chi connectivity index (χ1) is 18.8. The highest BCUT2D eigenvalue weighted by atomic mass is 16.6. The number of carbonyl (C=O) groups is 3. The predicted molar refractivity (Wildman–Crippen MR) is 143 cm³/mol. The van der Waals surface area contributed by atoms with E-state index in [4.69, 9.17) is 14.2 Å². The SMILES string of the molecule is CCCCC/C=C/C=C/C(=O)OC1CC2(O)C(CC1(C)OC(=O)CC)C1OC1(CO)C(O)C1(O)C(=O)C(C)=CC21. The van der Waals surface area contributed by atoms with Crippen molar-refractivity contribution in [2.24, 2.45) is 11.8 Å². The Kier molecular flexibility index (Phi) is 8.51. The van der Waals surface area contributed by atoms with E-state index in [2.05, 4.69) is 6.92 Å². The third-order valence-corrected chi connectivity index (χ3v) is 9.22. The van der Waals surface area contributed by atoms with Crippen molar-refractivity contribution in [2.75, 3.05) is 6.61 Å². The Labute approximate surface area is 234 Å². The number of Topliss-reactive ketones (excluding diaryl/α,β-unsaturated/α-hetero) is 1. The molecule has 0 radical (unpaired) electrons. The van der Waals surface area contributed by atoms with E-state index in [1.54, 1.807) is 26.0 Å². The van der Waals surface area contributed by atoms with Crippen LogP contribution in [0.1, 0.15) is 72.6 Å². The number of carbonyl (C=O) groups excluding carboxylic acids is 3. The number of fused-ring (bicyclic) bond motifs is 5. The number of allylic oxidation sites excluding steroid dienone is 3. The van der Waals surface area contributed by atoms with Crippen LogP contribution in [0, 0.1) is 11.8 Å². The minimum Gasteiger partial charge on any atom is -0.455 e. The maximum Gasteiger partial charge on any atom is 0.331 e. The molecule has 3 aliphatic carbocycles. The second kappa shape index (κ2) is 11.1. The molecule has 3 fully saturated rings. The molecule has 2 saturated carbocycles. The van der Waals surface area contributed by atoms with E-state index in [1.165, 1.54) is 19.1 Å². The smallest absolute Gasteiger partial charge is 0.331 e. The number of hydrogen-bond acceptors (Lipinski definition) is 10. The summed E-state index contributed by atoms with van der Waals surface area (Å²) >= 11 is 0. The summed E-state index contributed by atoms with van der Waals surface area (Å²) < 4.78 is 17.4. The Hall–Kier alpha value is -2.37. The molecule has 0 amide bonds. The van der Waals surface area contributed by atoms with Gasteiger partial charge in [0.05, 0.1) is 18.3 Å². The number of esters is 2. The normalized spacial score (nSPS) is 42.1. The number of rotatable bonds is 10. The zero-order valence-corrected chi connectivity index (χ0v) is 23.7. The van der Waals surface area contributed by atoms with E-state index in [-0.39, 0.29) is 24.8 Å². The van der Waals surface area contributed by atoms with Gasteiger partial charge in [0.25, 0.3) is 0 Å². The van der Waals surface area contributed by atoms with Crippen LogP contribution in [0.15, 0.2) is 36.0 Å². The van der Waals surface area contributed by atoms with E-state index in [1.807, 2.05) is 6.08 Å². The van der Waals surface area contributed by atoms with Crippen molar-refractivity contribution in [1.82, 2.24) is 0 Å². The van der Waals surface area contributed by atoms with Crippen molar-refractivity contribution in [3.63, 3.8) is 0 Å². The van der Waals surface area contributed by atoms with Gasteiger partial charge in [-0.05, 0) is 38.7 Å². The molecule has 222 valence electrons. The minimum absolute atomic E-state index is 0.0615. The summed E-state index contributed by atoms with van der Waals surface area (Å²) in [5.74, 6) is -4.18. The summed E-state index contributed by atoms with van der Waals surface area (Å²) in [5, 5.41) is 45.5. The molecule has 4 aliphatic rings. The molecule has 10 nitrogen and oxygen atoms in total. The lowest BCUT2D eigenvalue weighted by molar-refractivity contribution is -0.238. The number of epoxide rings is 1. The number of aliphatic hydroxyl groups is 4. The number of ether oxygens (including phenoxy) is 3. The van der Waals surface area contributed by atoms with Crippen molar-refractivity contribution in [1.29, 1.82) is 0 Å². The van der Waals surface area contributed by atoms with Crippen molar-refractivity contribution in [3.05, 3.63) is 36.0 Å². The van der Waals surface area contributed by atoms with E-state index in [0.717, 1.165) is 25.7 Å². The Balaban J connectivity index is 1.67. The Morgan fingerprint density at radius 3 is 2.55 bits per heavy atom. The maximum atomic E-state index is 13.2. The first-order valence-electron chi connectivity index (χ1n) is 14.2. The van der Waals surface area contributed by atoms with Crippen LogP contribution in [-0.4, -0.2) is 85.5 Å². The van der Waals surface area contributed by atoms with Crippen LogP contribution in [0.4, 0.5) is 0 Å².